The molecule has 5 heteroatoms. The van der Waals surface area contributed by atoms with Crippen molar-refractivity contribution in [3.63, 3.8) is 0 Å². The fraction of sp³-hybridized carbons (Fsp3) is 0. The van der Waals surface area contributed by atoms with Crippen molar-refractivity contribution in [3.05, 3.63) is 164 Å². The third-order valence-corrected chi connectivity index (χ3v) is 11.5. The number of para-hydroxylation sites is 5. The van der Waals surface area contributed by atoms with E-state index in [-0.39, 0.29) is 0 Å². The number of aromatic nitrogens is 3. The molecular formula is C50H27N3O2. The Labute approximate surface area is 313 Å². The second-order valence-corrected chi connectivity index (χ2v) is 14.4. The molecule has 4 aromatic heterocycles. The van der Waals surface area contributed by atoms with Crippen LogP contribution in [-0.2, 0) is 0 Å². The number of hydrogen-bond acceptors (Lipinski definition) is 4. The summed E-state index contributed by atoms with van der Waals surface area (Å²) in [5.41, 5.74) is 16.6. The van der Waals surface area contributed by atoms with Crippen LogP contribution in [0.3, 0.4) is 0 Å². The molecule has 5 nitrogen and oxygen atoms in total. The number of hydrogen-bond donors (Lipinski definition) is 0. The van der Waals surface area contributed by atoms with E-state index in [4.69, 9.17) is 18.8 Å². The zero-order valence-electron chi connectivity index (χ0n) is 29.2. The molecule has 1 aliphatic rings. The molecule has 0 bridgehead atoms. The monoisotopic (exact) mass is 701 g/mol. The molecule has 0 aliphatic carbocycles. The highest BCUT2D eigenvalue weighted by Crippen LogP contribution is 2.53. The number of rotatable bonds is 2. The van der Waals surface area contributed by atoms with Crippen molar-refractivity contribution in [3.8, 4) is 50.5 Å². The normalized spacial score (nSPS) is 12.4. The molecule has 5 heterocycles. The Morgan fingerprint density at radius 1 is 0.418 bits per heavy atom. The summed E-state index contributed by atoms with van der Waals surface area (Å²) in [6.45, 7) is 0. The molecule has 0 radical (unpaired) electrons. The second-order valence-electron chi connectivity index (χ2n) is 14.4. The molecule has 13 rings (SSSR count). The number of benzene rings is 8. The Bertz CT molecular complexity index is 3610. The minimum Gasteiger partial charge on any atom is -0.456 e. The van der Waals surface area contributed by atoms with Gasteiger partial charge in [0, 0.05) is 54.6 Å². The van der Waals surface area contributed by atoms with Gasteiger partial charge in [0.25, 0.3) is 0 Å². The maximum Gasteiger partial charge on any atom is 0.145 e. The first kappa shape index (κ1) is 29.0. The zero-order valence-corrected chi connectivity index (χ0v) is 29.2. The van der Waals surface area contributed by atoms with Crippen molar-refractivity contribution < 1.29 is 8.83 Å². The van der Waals surface area contributed by atoms with E-state index < -0.39 is 0 Å². The van der Waals surface area contributed by atoms with Crippen molar-refractivity contribution in [1.29, 1.82) is 0 Å². The summed E-state index contributed by atoms with van der Waals surface area (Å²) in [5.74, 6) is 0. The van der Waals surface area contributed by atoms with Gasteiger partial charge in [0.1, 0.15) is 22.3 Å². The lowest BCUT2D eigenvalue weighted by atomic mass is 9.89. The molecule has 8 aromatic carbocycles. The molecule has 0 amide bonds. The van der Waals surface area contributed by atoms with Gasteiger partial charge in [-0.15, -0.1) is 0 Å². The number of fused-ring (bicyclic) bond motifs is 16. The quantitative estimate of drug-likeness (QED) is 0.180. The summed E-state index contributed by atoms with van der Waals surface area (Å²) in [5, 5.41) is 6.64. The summed E-state index contributed by atoms with van der Waals surface area (Å²) in [6, 6.07) is 57.5. The first-order valence-corrected chi connectivity index (χ1v) is 18.6. The number of nitrogens with zero attached hydrogens (tertiary/aromatic N) is 3. The van der Waals surface area contributed by atoms with E-state index in [0.717, 1.165) is 127 Å². The summed E-state index contributed by atoms with van der Waals surface area (Å²) in [4.78, 5) is 10.7. The summed E-state index contributed by atoms with van der Waals surface area (Å²) in [6.07, 6.45) is 0. The van der Waals surface area contributed by atoms with Crippen molar-refractivity contribution in [1.82, 2.24) is 14.5 Å². The average Bonchev–Trinajstić information content (AvgIpc) is 3.89. The maximum atomic E-state index is 6.87. The fourth-order valence-corrected chi connectivity index (χ4v) is 9.17. The molecule has 12 aromatic rings. The molecule has 0 saturated heterocycles. The largest absolute Gasteiger partial charge is 0.456 e. The minimum absolute atomic E-state index is 0.851. The molecular weight excluding hydrogens is 675 g/mol. The van der Waals surface area contributed by atoms with Gasteiger partial charge < -0.3 is 13.4 Å². The predicted octanol–water partition coefficient (Wildman–Crippen LogP) is 13.5. The van der Waals surface area contributed by atoms with Crippen molar-refractivity contribution in [2.24, 2.45) is 0 Å². The lowest BCUT2D eigenvalue weighted by Gasteiger charge is -2.14. The van der Waals surface area contributed by atoms with Gasteiger partial charge in [0.2, 0.25) is 0 Å². The van der Waals surface area contributed by atoms with Gasteiger partial charge in [0.15, 0.2) is 0 Å². The fourth-order valence-electron chi connectivity index (χ4n) is 9.17. The van der Waals surface area contributed by atoms with E-state index in [1.165, 1.54) is 0 Å². The molecule has 0 atom stereocenters. The van der Waals surface area contributed by atoms with Gasteiger partial charge in [-0.2, -0.15) is 0 Å². The van der Waals surface area contributed by atoms with Crippen LogP contribution in [0.25, 0.3) is 127 Å². The smallest absolute Gasteiger partial charge is 0.145 e. The van der Waals surface area contributed by atoms with Gasteiger partial charge in [-0.05, 0) is 65.7 Å². The van der Waals surface area contributed by atoms with Crippen LogP contribution in [0, 0.1) is 0 Å². The highest BCUT2D eigenvalue weighted by Gasteiger charge is 2.31. The first-order valence-electron chi connectivity index (χ1n) is 18.6. The molecule has 0 unspecified atom stereocenters. The predicted molar refractivity (Wildman–Crippen MR) is 224 cm³/mol. The van der Waals surface area contributed by atoms with Crippen LogP contribution in [0.2, 0.25) is 0 Å². The Morgan fingerprint density at radius 2 is 1.07 bits per heavy atom. The van der Waals surface area contributed by atoms with Crippen LogP contribution in [0.4, 0.5) is 0 Å². The molecule has 0 saturated carbocycles. The Hall–Kier alpha value is -7.50. The summed E-state index contributed by atoms with van der Waals surface area (Å²) in [7, 11) is 0. The van der Waals surface area contributed by atoms with Crippen LogP contribution in [0.15, 0.2) is 173 Å². The van der Waals surface area contributed by atoms with E-state index in [1.54, 1.807) is 0 Å². The maximum absolute atomic E-state index is 6.87. The Kier molecular flexibility index (Phi) is 5.57. The van der Waals surface area contributed by atoms with Crippen LogP contribution in [0.1, 0.15) is 0 Å². The molecule has 254 valence electrons. The molecule has 0 N–H and O–H groups in total. The molecule has 55 heavy (non-hydrogen) atoms. The second kappa shape index (κ2) is 10.6. The Morgan fingerprint density at radius 3 is 1.89 bits per heavy atom. The van der Waals surface area contributed by atoms with Gasteiger partial charge in [-0.1, -0.05) is 109 Å². The van der Waals surface area contributed by atoms with Crippen molar-refractivity contribution in [2.45, 2.75) is 0 Å². The lowest BCUT2D eigenvalue weighted by Crippen LogP contribution is -1.97. The average molecular weight is 702 g/mol. The minimum atomic E-state index is 0.851. The zero-order chi connectivity index (χ0) is 35.8. The lowest BCUT2D eigenvalue weighted by molar-refractivity contribution is 0.668. The van der Waals surface area contributed by atoms with Crippen LogP contribution in [0.5, 0.6) is 0 Å². The topological polar surface area (TPSA) is 57.0 Å². The summed E-state index contributed by atoms with van der Waals surface area (Å²) >= 11 is 0. The van der Waals surface area contributed by atoms with Crippen molar-refractivity contribution >= 4 is 76.7 Å². The Balaban J connectivity index is 1.24. The van der Waals surface area contributed by atoms with Gasteiger partial charge in [-0.3, -0.25) is 0 Å². The van der Waals surface area contributed by atoms with Gasteiger partial charge >= 0.3 is 0 Å². The van der Waals surface area contributed by atoms with Gasteiger partial charge in [0.05, 0.1) is 39.1 Å². The highest BCUT2D eigenvalue weighted by molar-refractivity contribution is 6.24. The van der Waals surface area contributed by atoms with E-state index in [2.05, 4.69) is 120 Å². The third-order valence-electron chi connectivity index (χ3n) is 11.5. The van der Waals surface area contributed by atoms with Crippen LogP contribution < -0.4 is 0 Å². The van der Waals surface area contributed by atoms with Gasteiger partial charge in [-0.25, -0.2) is 9.97 Å². The van der Waals surface area contributed by atoms with E-state index in [1.807, 2.05) is 48.5 Å². The van der Waals surface area contributed by atoms with E-state index in [9.17, 15) is 0 Å². The highest BCUT2D eigenvalue weighted by atomic mass is 16.3. The van der Waals surface area contributed by atoms with Crippen LogP contribution in [-0.4, -0.2) is 14.5 Å². The van der Waals surface area contributed by atoms with E-state index >= 15 is 0 Å². The SMILES string of the molecule is c1ccc(-c2nc3ccccc3nc2-c2ccc3c4c2c2ccccc2n4-c2ccc4c(oc5ccccc54)c2-c2cc4c(cc2-3)oc2ccccc24)cc1. The third kappa shape index (κ3) is 3.86. The molecule has 0 fully saturated rings. The van der Waals surface area contributed by atoms with E-state index in [0.29, 0.717) is 0 Å². The first-order chi connectivity index (χ1) is 27.3. The molecule has 1 aliphatic heterocycles. The van der Waals surface area contributed by atoms with Crippen molar-refractivity contribution in [2.75, 3.05) is 0 Å². The standard InChI is InChI=1S/C50H27N3O2/c1-2-12-28(13-3-1)47-48(52-39-18-8-7-17-38(39)51-47)34-23-22-31-35-27-44-36(30-15-6-10-20-42(30)54-44)26-37(35)46-41(53-40-19-9-4-16-33(40)45(34)49(31)53)25-24-32-29-14-5-11-21-43(29)55-50(32)46/h1-27H. The molecule has 0 spiro atoms. The summed E-state index contributed by atoms with van der Waals surface area (Å²) < 4.78 is 15.9. The number of furan rings is 2. The van der Waals surface area contributed by atoms with Crippen LogP contribution >= 0.6 is 0 Å².